The van der Waals surface area contributed by atoms with Crippen LogP contribution in [0.15, 0.2) is 72.3 Å². The quantitative estimate of drug-likeness (QED) is 0.474. The Balaban J connectivity index is 0.00000361. The maximum Gasteiger partial charge on any atom is 0.494 e. The molecule has 0 radical (unpaired) electrons. The fraction of sp³-hybridized carbons (Fsp3) is 0.333. The number of allylic oxidation sites excluding steroid dienone is 7. The molecule has 2 heterocycles. The van der Waals surface area contributed by atoms with Gasteiger partial charge in [-0.3, -0.25) is 4.68 Å². The van der Waals surface area contributed by atoms with Crippen LogP contribution < -0.4 is 4.74 Å². The lowest BCUT2D eigenvalue weighted by atomic mass is 9.68. The molecule has 1 aliphatic heterocycles. The van der Waals surface area contributed by atoms with E-state index in [1.54, 1.807) is 37.5 Å². The van der Waals surface area contributed by atoms with Crippen molar-refractivity contribution in [2.24, 2.45) is 5.41 Å². The Kier molecular flexibility index (Phi) is 8.48. The van der Waals surface area contributed by atoms with Crippen LogP contribution in [0.4, 0.5) is 8.78 Å². The zero-order chi connectivity index (χ0) is 25.2. The Morgan fingerprint density at radius 3 is 2.56 bits per heavy atom. The predicted molar refractivity (Wildman–Crippen MR) is 140 cm³/mol. The number of ether oxygens (including phenoxy) is 1. The number of nitrogens with one attached hydrogen (secondary N) is 1. The molecule has 1 fully saturated rings. The number of aromatic nitrogens is 2. The Labute approximate surface area is 211 Å². The third-order valence-corrected chi connectivity index (χ3v) is 5.82. The largest absolute Gasteiger partial charge is 0.497 e. The maximum absolute atomic E-state index is 13.8. The second-order valence-corrected chi connectivity index (χ2v) is 9.36. The highest BCUT2D eigenvalue weighted by molar-refractivity contribution is 6.57. The van der Waals surface area contributed by atoms with Crippen molar-refractivity contribution in [1.82, 2.24) is 9.78 Å². The molecule has 2 aromatic rings. The summed E-state index contributed by atoms with van der Waals surface area (Å²) < 4.78 is 45.9. The second kappa shape index (κ2) is 11.2. The molecule has 36 heavy (non-hydrogen) atoms. The van der Waals surface area contributed by atoms with E-state index in [0.717, 1.165) is 5.56 Å². The van der Waals surface area contributed by atoms with E-state index < -0.39 is 13.5 Å². The number of hydrogen-bond donors (Lipinski definition) is 1. The number of hydrogen-bond acceptors (Lipinski definition) is 5. The Bertz CT molecular complexity index is 1200. The van der Waals surface area contributed by atoms with Gasteiger partial charge in [-0.25, -0.2) is 8.78 Å². The van der Waals surface area contributed by atoms with Gasteiger partial charge in [0.2, 0.25) is 0 Å². The molecule has 1 saturated heterocycles. The molecule has 0 saturated carbocycles. The van der Waals surface area contributed by atoms with Gasteiger partial charge >= 0.3 is 7.12 Å². The number of methoxy groups -OCH3 is 1. The van der Waals surface area contributed by atoms with Crippen molar-refractivity contribution in [3.63, 3.8) is 0 Å². The van der Waals surface area contributed by atoms with E-state index in [-0.39, 0.29) is 30.8 Å². The fourth-order valence-corrected chi connectivity index (χ4v) is 3.86. The van der Waals surface area contributed by atoms with Crippen LogP contribution in [-0.2, 0) is 15.9 Å². The van der Waals surface area contributed by atoms with E-state index >= 15 is 0 Å². The third-order valence-electron chi connectivity index (χ3n) is 5.82. The molecule has 1 aromatic heterocycles. The van der Waals surface area contributed by atoms with Gasteiger partial charge in [0.25, 0.3) is 6.43 Å². The van der Waals surface area contributed by atoms with Crippen LogP contribution in [0.1, 0.15) is 44.7 Å². The molecule has 4 rings (SSSR count). The molecule has 9 heteroatoms. The molecule has 2 aliphatic rings. The Morgan fingerprint density at radius 1 is 1.28 bits per heavy atom. The normalized spacial score (nSPS) is 18.3. The summed E-state index contributed by atoms with van der Waals surface area (Å²) >= 11 is 0. The lowest BCUT2D eigenvalue weighted by molar-refractivity contribution is 0.0325. The Hall–Kier alpha value is -3.30. The first kappa shape index (κ1) is 27.3. The number of alkyl halides is 2. The van der Waals surface area contributed by atoms with Crippen molar-refractivity contribution in [2.45, 2.75) is 34.2 Å². The van der Waals surface area contributed by atoms with Gasteiger partial charge in [-0.1, -0.05) is 52.1 Å². The van der Waals surface area contributed by atoms with E-state index in [0.29, 0.717) is 41.3 Å². The summed E-state index contributed by atoms with van der Waals surface area (Å²) in [4.78, 5) is 0. The smallest absolute Gasteiger partial charge is 0.494 e. The predicted octanol–water partition coefficient (Wildman–Crippen LogP) is 6.07. The number of benzene rings is 1. The summed E-state index contributed by atoms with van der Waals surface area (Å²) in [7, 11) is 0.955. The molecule has 1 aromatic carbocycles. The lowest BCUT2D eigenvalue weighted by Gasteiger charge is -2.34. The maximum atomic E-state index is 13.8. The molecule has 1 N–H and O–H groups in total. The standard InChI is InChI=1S/C26H28BF2N3O3.CH4/c1-17(12-20-21(6-5-7-22(20)30)27-34-15-26(2,3)16-35-27)23-13-24(25(28)29)32(31-23)14-18-8-10-19(33-4)11-9-18;/h5-13,25,30H,1,14-16H2,2-4H3;1H4/b20-12-,30-22?;. The molecule has 0 unspecified atom stereocenters. The summed E-state index contributed by atoms with van der Waals surface area (Å²) in [5.41, 5.74) is 2.76. The minimum absolute atomic E-state index is 0. The first-order valence-corrected chi connectivity index (χ1v) is 11.3. The summed E-state index contributed by atoms with van der Waals surface area (Å²) in [5.74, 6) is 0.686. The molecule has 0 atom stereocenters. The highest BCUT2D eigenvalue weighted by atomic mass is 19.3. The van der Waals surface area contributed by atoms with Crippen molar-refractivity contribution < 1.29 is 22.8 Å². The van der Waals surface area contributed by atoms with Crippen molar-refractivity contribution in [3.8, 4) is 5.75 Å². The van der Waals surface area contributed by atoms with E-state index in [1.165, 1.54) is 10.7 Å². The fourth-order valence-electron chi connectivity index (χ4n) is 3.86. The molecule has 0 spiro atoms. The summed E-state index contributed by atoms with van der Waals surface area (Å²) in [6.45, 7) is 9.39. The van der Waals surface area contributed by atoms with E-state index in [2.05, 4.69) is 25.5 Å². The minimum atomic E-state index is -2.70. The number of rotatable bonds is 7. The molecular formula is C27H32BF2N3O3. The van der Waals surface area contributed by atoms with Crippen LogP contribution in [0, 0.1) is 10.8 Å². The van der Waals surface area contributed by atoms with E-state index in [9.17, 15) is 8.78 Å². The van der Waals surface area contributed by atoms with Crippen molar-refractivity contribution in [2.75, 3.05) is 20.3 Å². The van der Waals surface area contributed by atoms with Gasteiger partial charge in [0.05, 0.1) is 25.1 Å². The zero-order valence-corrected chi connectivity index (χ0v) is 20.1. The highest BCUT2D eigenvalue weighted by Crippen LogP contribution is 2.31. The monoisotopic (exact) mass is 495 g/mol. The van der Waals surface area contributed by atoms with Crippen LogP contribution in [0.5, 0.6) is 5.75 Å². The SMILES string of the molecule is C.C=C(/C=C1\C(=N)C=CC=C1B1OCC(C)(C)CO1)c1cc(C(F)F)n(Cc2ccc(OC)cc2)n1. The van der Waals surface area contributed by atoms with Crippen LogP contribution in [0.25, 0.3) is 5.57 Å². The average Bonchev–Trinajstić information content (AvgIpc) is 3.25. The molecule has 0 amide bonds. The van der Waals surface area contributed by atoms with Gasteiger partial charge < -0.3 is 19.5 Å². The lowest BCUT2D eigenvalue weighted by Crippen LogP contribution is -2.42. The van der Waals surface area contributed by atoms with E-state index in [1.807, 2.05) is 18.2 Å². The van der Waals surface area contributed by atoms with Gasteiger partial charge in [-0.15, -0.1) is 0 Å². The molecular weight excluding hydrogens is 463 g/mol. The molecule has 1 aliphatic carbocycles. The molecule has 190 valence electrons. The number of halogens is 2. The topological polar surface area (TPSA) is 69.4 Å². The van der Waals surface area contributed by atoms with Crippen LogP contribution in [-0.4, -0.2) is 42.9 Å². The third kappa shape index (κ3) is 6.09. The summed E-state index contributed by atoms with van der Waals surface area (Å²) in [6, 6.07) is 8.51. The van der Waals surface area contributed by atoms with Gasteiger partial charge in [0.15, 0.2) is 0 Å². The summed E-state index contributed by atoms with van der Waals surface area (Å²) in [6.07, 6.45) is 4.24. The van der Waals surface area contributed by atoms with Crippen LogP contribution in [0.2, 0.25) is 0 Å². The van der Waals surface area contributed by atoms with Gasteiger partial charge in [-0.05, 0) is 52.5 Å². The van der Waals surface area contributed by atoms with Gasteiger partial charge in [-0.2, -0.15) is 5.10 Å². The van der Waals surface area contributed by atoms with Crippen molar-refractivity contribution in [3.05, 3.63) is 89.2 Å². The highest BCUT2D eigenvalue weighted by Gasteiger charge is 2.37. The molecule has 6 nitrogen and oxygen atoms in total. The average molecular weight is 495 g/mol. The van der Waals surface area contributed by atoms with Crippen LogP contribution >= 0.6 is 0 Å². The second-order valence-electron chi connectivity index (χ2n) is 9.36. The van der Waals surface area contributed by atoms with Crippen molar-refractivity contribution in [1.29, 1.82) is 5.41 Å². The Morgan fingerprint density at radius 2 is 1.94 bits per heavy atom. The van der Waals surface area contributed by atoms with Crippen molar-refractivity contribution >= 4 is 18.4 Å². The number of nitrogens with zero attached hydrogens (tertiary/aromatic N) is 2. The van der Waals surface area contributed by atoms with Gasteiger partial charge in [0, 0.05) is 18.6 Å². The molecule has 0 bridgehead atoms. The van der Waals surface area contributed by atoms with E-state index in [4.69, 9.17) is 19.5 Å². The zero-order valence-electron chi connectivity index (χ0n) is 20.1. The summed E-state index contributed by atoms with van der Waals surface area (Å²) in [5, 5.41) is 12.8. The minimum Gasteiger partial charge on any atom is -0.497 e. The van der Waals surface area contributed by atoms with Crippen LogP contribution in [0.3, 0.4) is 0 Å². The first-order chi connectivity index (χ1) is 16.7. The van der Waals surface area contributed by atoms with Gasteiger partial charge in [0.1, 0.15) is 11.4 Å². The first-order valence-electron chi connectivity index (χ1n) is 11.3.